The number of nitrogens with two attached hydrogens (primary N) is 1. The van der Waals surface area contributed by atoms with Gasteiger partial charge in [0.05, 0.1) is 0 Å². The van der Waals surface area contributed by atoms with Gasteiger partial charge in [-0.15, -0.1) is 6.58 Å². The number of pyridine rings is 1. The van der Waals surface area contributed by atoms with Crippen LogP contribution in [0.2, 0.25) is 0 Å². The summed E-state index contributed by atoms with van der Waals surface area (Å²) >= 11 is 0. The quantitative estimate of drug-likeness (QED) is 0.422. The lowest BCUT2D eigenvalue weighted by Crippen LogP contribution is -2.35. The number of guanidine groups is 1. The number of carbonyl (C=O) groups excluding carboxylic acids is 1. The van der Waals surface area contributed by atoms with Gasteiger partial charge < -0.3 is 16.0 Å². The second kappa shape index (κ2) is 8.68. The van der Waals surface area contributed by atoms with E-state index < -0.39 is 0 Å². The van der Waals surface area contributed by atoms with Crippen molar-refractivity contribution in [3.05, 3.63) is 42.7 Å². The van der Waals surface area contributed by atoms with Crippen LogP contribution in [0.5, 0.6) is 0 Å². The van der Waals surface area contributed by atoms with Crippen LogP contribution >= 0.6 is 0 Å². The highest BCUT2D eigenvalue weighted by Gasteiger charge is 2.08. The van der Waals surface area contributed by atoms with E-state index in [1.807, 2.05) is 18.2 Å². The Kier molecular flexibility index (Phi) is 6.81. The van der Waals surface area contributed by atoms with Crippen molar-refractivity contribution in [2.45, 2.75) is 6.42 Å². The third kappa shape index (κ3) is 5.99. The van der Waals surface area contributed by atoms with Gasteiger partial charge in [0.2, 0.25) is 5.91 Å². The molecule has 108 valence electrons. The molecule has 0 aromatic carbocycles. The molecule has 3 N–H and O–H groups in total. The Bertz CT molecular complexity index is 458. The van der Waals surface area contributed by atoms with Crippen LogP contribution in [0, 0.1) is 0 Å². The Morgan fingerprint density at radius 2 is 2.40 bits per heavy atom. The van der Waals surface area contributed by atoms with E-state index in [9.17, 15) is 4.79 Å². The summed E-state index contributed by atoms with van der Waals surface area (Å²) in [5.41, 5.74) is 6.54. The molecule has 0 aliphatic carbocycles. The predicted octanol–water partition coefficient (Wildman–Crippen LogP) is 0.173. The Hall–Kier alpha value is -2.37. The number of likely N-dealkylation sites (N-methyl/N-ethyl adjacent to an activating group) is 1. The summed E-state index contributed by atoms with van der Waals surface area (Å²) in [7, 11) is 1.74. The zero-order valence-electron chi connectivity index (χ0n) is 11.7. The molecule has 6 heteroatoms. The minimum Gasteiger partial charge on any atom is -0.370 e. The van der Waals surface area contributed by atoms with Crippen molar-refractivity contribution in [2.75, 3.05) is 26.7 Å². The predicted molar refractivity (Wildman–Crippen MR) is 80.3 cm³/mol. The summed E-state index contributed by atoms with van der Waals surface area (Å²) in [4.78, 5) is 21.6. The molecular formula is C14H21N5O. The molecule has 0 unspecified atom stereocenters. The average molecular weight is 275 g/mol. The normalized spacial score (nSPS) is 10.9. The molecule has 1 aromatic heterocycles. The van der Waals surface area contributed by atoms with E-state index in [1.54, 1.807) is 24.2 Å². The minimum absolute atomic E-state index is 0.0364. The highest BCUT2D eigenvalue weighted by molar-refractivity contribution is 5.83. The molecule has 1 rings (SSSR count). The van der Waals surface area contributed by atoms with Crippen LogP contribution < -0.4 is 11.1 Å². The van der Waals surface area contributed by atoms with Gasteiger partial charge >= 0.3 is 0 Å². The second-order valence-electron chi connectivity index (χ2n) is 4.26. The fraction of sp³-hybridized carbons (Fsp3) is 0.357. The molecule has 0 radical (unpaired) electrons. The summed E-state index contributed by atoms with van der Waals surface area (Å²) in [5.74, 6) is 0.167. The standard InChI is InChI=1S/C14H21N5O/c1-3-8-17-14(15)18-11-13(20)19(2)10-7-12-6-4-5-9-16-12/h3-6,9H,1,7-8,10-11H2,2H3,(H3,15,17,18). The monoisotopic (exact) mass is 275 g/mol. The lowest BCUT2D eigenvalue weighted by atomic mass is 10.2. The zero-order chi connectivity index (χ0) is 14.8. The number of amides is 1. The maximum Gasteiger partial charge on any atom is 0.244 e. The summed E-state index contributed by atoms with van der Waals surface area (Å²) in [6.45, 7) is 4.72. The third-order valence-corrected chi connectivity index (χ3v) is 2.67. The Labute approximate surface area is 119 Å². The lowest BCUT2D eigenvalue weighted by molar-refractivity contribution is -0.128. The topological polar surface area (TPSA) is 83.6 Å². The zero-order valence-corrected chi connectivity index (χ0v) is 11.7. The number of nitrogens with one attached hydrogen (secondary N) is 1. The van der Waals surface area contributed by atoms with Crippen LogP contribution in [0.25, 0.3) is 0 Å². The molecule has 0 spiro atoms. The van der Waals surface area contributed by atoms with Gasteiger partial charge in [-0.1, -0.05) is 12.1 Å². The fourth-order valence-corrected chi connectivity index (χ4v) is 1.46. The first-order valence-electron chi connectivity index (χ1n) is 6.42. The van der Waals surface area contributed by atoms with Crippen molar-refractivity contribution in [1.29, 1.82) is 0 Å². The smallest absolute Gasteiger partial charge is 0.244 e. The molecule has 0 saturated heterocycles. The van der Waals surface area contributed by atoms with Crippen LogP contribution in [0.1, 0.15) is 5.69 Å². The van der Waals surface area contributed by atoms with Crippen LogP contribution in [0.4, 0.5) is 0 Å². The van der Waals surface area contributed by atoms with Gasteiger partial charge in [-0.2, -0.15) is 0 Å². The van der Waals surface area contributed by atoms with Crippen molar-refractivity contribution in [3.8, 4) is 0 Å². The van der Waals surface area contributed by atoms with Crippen molar-refractivity contribution in [2.24, 2.45) is 10.7 Å². The number of nitrogens with zero attached hydrogens (tertiary/aromatic N) is 3. The number of rotatable bonds is 7. The van der Waals surface area contributed by atoms with E-state index in [0.717, 1.165) is 12.1 Å². The Morgan fingerprint density at radius 3 is 3.05 bits per heavy atom. The van der Waals surface area contributed by atoms with E-state index in [4.69, 9.17) is 5.73 Å². The van der Waals surface area contributed by atoms with Crippen molar-refractivity contribution < 1.29 is 4.79 Å². The van der Waals surface area contributed by atoms with Gasteiger partial charge in [0.1, 0.15) is 6.54 Å². The first kappa shape index (κ1) is 15.7. The fourth-order valence-electron chi connectivity index (χ4n) is 1.46. The maximum atomic E-state index is 11.8. The minimum atomic E-state index is -0.0794. The van der Waals surface area contributed by atoms with Crippen LogP contribution in [-0.4, -0.2) is 48.4 Å². The SMILES string of the molecule is C=CCNC(N)=NCC(=O)N(C)CCc1ccccn1. The molecule has 1 aromatic rings. The summed E-state index contributed by atoms with van der Waals surface area (Å²) < 4.78 is 0. The second-order valence-corrected chi connectivity index (χ2v) is 4.26. The van der Waals surface area contributed by atoms with E-state index in [-0.39, 0.29) is 18.4 Å². The highest BCUT2D eigenvalue weighted by Crippen LogP contribution is 1.97. The molecular weight excluding hydrogens is 254 g/mol. The maximum absolute atomic E-state index is 11.8. The van der Waals surface area contributed by atoms with Gasteiger partial charge in [-0.3, -0.25) is 9.78 Å². The van der Waals surface area contributed by atoms with E-state index in [2.05, 4.69) is 21.9 Å². The molecule has 6 nitrogen and oxygen atoms in total. The van der Waals surface area contributed by atoms with Gasteiger partial charge in [0.25, 0.3) is 0 Å². The number of carbonyl (C=O) groups is 1. The van der Waals surface area contributed by atoms with Gasteiger partial charge in [-0.05, 0) is 12.1 Å². The summed E-state index contributed by atoms with van der Waals surface area (Å²) in [6.07, 6.45) is 4.13. The molecule has 0 aliphatic rings. The van der Waals surface area contributed by atoms with E-state index >= 15 is 0 Å². The highest BCUT2D eigenvalue weighted by atomic mass is 16.2. The number of hydrogen-bond acceptors (Lipinski definition) is 3. The van der Waals surface area contributed by atoms with E-state index in [1.165, 1.54) is 0 Å². The first-order chi connectivity index (χ1) is 9.63. The van der Waals surface area contributed by atoms with Crippen molar-refractivity contribution >= 4 is 11.9 Å². The molecule has 0 aliphatic heterocycles. The van der Waals surface area contributed by atoms with Crippen molar-refractivity contribution in [1.82, 2.24) is 15.2 Å². The molecule has 1 heterocycles. The molecule has 0 fully saturated rings. The van der Waals surface area contributed by atoms with Gasteiger partial charge in [-0.25, -0.2) is 4.99 Å². The van der Waals surface area contributed by atoms with Crippen LogP contribution in [0.3, 0.4) is 0 Å². The lowest BCUT2D eigenvalue weighted by Gasteiger charge is -2.15. The number of aliphatic imine (C=N–C) groups is 1. The van der Waals surface area contributed by atoms with Crippen LogP contribution in [-0.2, 0) is 11.2 Å². The Morgan fingerprint density at radius 1 is 1.60 bits per heavy atom. The number of aromatic nitrogens is 1. The van der Waals surface area contributed by atoms with Gasteiger partial charge in [0.15, 0.2) is 5.96 Å². The molecule has 0 bridgehead atoms. The molecule has 0 saturated carbocycles. The first-order valence-corrected chi connectivity index (χ1v) is 6.42. The summed E-state index contributed by atoms with van der Waals surface area (Å²) in [6, 6.07) is 5.74. The molecule has 1 amide bonds. The van der Waals surface area contributed by atoms with Gasteiger partial charge in [0, 0.05) is 38.4 Å². The van der Waals surface area contributed by atoms with E-state index in [0.29, 0.717) is 13.1 Å². The average Bonchev–Trinajstić information content (AvgIpc) is 2.49. The molecule has 0 atom stereocenters. The third-order valence-electron chi connectivity index (χ3n) is 2.67. The Balaban J connectivity index is 2.34. The largest absolute Gasteiger partial charge is 0.370 e. The van der Waals surface area contributed by atoms with Crippen molar-refractivity contribution in [3.63, 3.8) is 0 Å². The van der Waals surface area contributed by atoms with Crippen LogP contribution in [0.15, 0.2) is 42.0 Å². The summed E-state index contributed by atoms with van der Waals surface area (Å²) in [5, 5.41) is 2.81. The number of hydrogen-bond donors (Lipinski definition) is 2. The molecule has 20 heavy (non-hydrogen) atoms.